The summed E-state index contributed by atoms with van der Waals surface area (Å²) in [7, 11) is 3.38. The minimum Gasteiger partial charge on any atom is -0.493 e. The summed E-state index contributed by atoms with van der Waals surface area (Å²) in [4.78, 5) is 0. The van der Waals surface area contributed by atoms with Crippen LogP contribution in [0, 0.1) is 5.92 Å². The predicted molar refractivity (Wildman–Crippen MR) is 82.5 cm³/mol. The lowest BCUT2D eigenvalue weighted by atomic mass is 9.76. The SMILES string of the molecule is COc1ccc(C2(C(C)C)CCCCCN2)cc1OC. The average Bonchev–Trinajstić information content (AvgIpc) is 2.73. The van der Waals surface area contributed by atoms with Crippen molar-refractivity contribution < 1.29 is 9.47 Å². The van der Waals surface area contributed by atoms with Crippen LogP contribution in [0.3, 0.4) is 0 Å². The van der Waals surface area contributed by atoms with E-state index < -0.39 is 0 Å². The summed E-state index contributed by atoms with van der Waals surface area (Å²) in [5.74, 6) is 2.15. The fourth-order valence-electron chi connectivity index (χ4n) is 3.29. The van der Waals surface area contributed by atoms with E-state index in [1.54, 1.807) is 14.2 Å². The molecule has 0 saturated carbocycles. The Morgan fingerprint density at radius 1 is 1.05 bits per heavy atom. The molecule has 1 N–H and O–H groups in total. The third-order valence-corrected chi connectivity index (χ3v) is 4.57. The largest absolute Gasteiger partial charge is 0.493 e. The zero-order valence-electron chi connectivity index (χ0n) is 13.2. The van der Waals surface area contributed by atoms with Gasteiger partial charge >= 0.3 is 0 Å². The van der Waals surface area contributed by atoms with E-state index in [4.69, 9.17) is 9.47 Å². The van der Waals surface area contributed by atoms with Gasteiger partial charge in [0.05, 0.1) is 14.2 Å². The van der Waals surface area contributed by atoms with Crippen molar-refractivity contribution in [2.45, 2.75) is 45.1 Å². The number of hydrogen-bond acceptors (Lipinski definition) is 3. The van der Waals surface area contributed by atoms with Crippen LogP contribution in [0.4, 0.5) is 0 Å². The molecular formula is C17H27NO2. The van der Waals surface area contributed by atoms with Crippen molar-refractivity contribution in [2.24, 2.45) is 5.92 Å². The summed E-state index contributed by atoms with van der Waals surface area (Å²) in [5, 5.41) is 3.80. The molecule has 1 aromatic rings. The van der Waals surface area contributed by atoms with Crippen molar-refractivity contribution in [1.82, 2.24) is 5.32 Å². The fraction of sp³-hybridized carbons (Fsp3) is 0.647. The summed E-state index contributed by atoms with van der Waals surface area (Å²) in [6.07, 6.45) is 5.04. The van der Waals surface area contributed by atoms with E-state index in [-0.39, 0.29) is 5.54 Å². The van der Waals surface area contributed by atoms with Crippen molar-refractivity contribution in [1.29, 1.82) is 0 Å². The van der Waals surface area contributed by atoms with Gasteiger partial charge in [-0.15, -0.1) is 0 Å². The van der Waals surface area contributed by atoms with E-state index in [2.05, 4.69) is 31.3 Å². The molecule has 1 saturated heterocycles. The minimum absolute atomic E-state index is 0.0516. The van der Waals surface area contributed by atoms with Crippen LogP contribution in [0.2, 0.25) is 0 Å². The Hall–Kier alpha value is -1.22. The van der Waals surface area contributed by atoms with Gasteiger partial charge in [-0.1, -0.05) is 32.8 Å². The van der Waals surface area contributed by atoms with E-state index in [1.807, 2.05) is 6.07 Å². The Bertz CT molecular complexity index is 435. The van der Waals surface area contributed by atoms with Crippen LogP contribution in [0.5, 0.6) is 11.5 Å². The van der Waals surface area contributed by atoms with Gasteiger partial charge in [-0.3, -0.25) is 0 Å². The highest BCUT2D eigenvalue weighted by Gasteiger charge is 2.36. The standard InChI is InChI=1S/C17H27NO2/c1-13(2)17(10-6-5-7-11-18-17)14-8-9-15(19-3)16(12-14)20-4/h8-9,12-13,18H,5-7,10-11H2,1-4H3. The highest BCUT2D eigenvalue weighted by atomic mass is 16.5. The summed E-state index contributed by atoms with van der Waals surface area (Å²) < 4.78 is 10.8. The molecule has 3 heteroatoms. The third-order valence-electron chi connectivity index (χ3n) is 4.57. The van der Waals surface area contributed by atoms with Crippen LogP contribution >= 0.6 is 0 Å². The lowest BCUT2D eigenvalue weighted by Gasteiger charge is -2.39. The number of benzene rings is 1. The molecule has 1 unspecified atom stereocenters. The van der Waals surface area contributed by atoms with Gasteiger partial charge in [0.1, 0.15) is 0 Å². The number of ether oxygens (including phenoxy) is 2. The summed E-state index contributed by atoms with van der Waals surface area (Å²) in [6.45, 7) is 5.69. The first kappa shape index (κ1) is 15.2. The lowest BCUT2D eigenvalue weighted by molar-refractivity contribution is 0.229. The summed E-state index contributed by atoms with van der Waals surface area (Å²) in [5.41, 5.74) is 1.36. The van der Waals surface area contributed by atoms with Gasteiger partial charge in [0, 0.05) is 5.54 Å². The fourth-order valence-corrected chi connectivity index (χ4v) is 3.29. The Balaban J connectivity index is 2.43. The van der Waals surface area contributed by atoms with Gasteiger partial charge in [-0.05, 0) is 43.0 Å². The molecule has 20 heavy (non-hydrogen) atoms. The molecule has 1 atom stereocenters. The van der Waals surface area contributed by atoms with Crippen molar-refractivity contribution in [2.75, 3.05) is 20.8 Å². The molecule has 112 valence electrons. The molecule has 0 spiro atoms. The van der Waals surface area contributed by atoms with E-state index in [1.165, 1.54) is 31.2 Å². The maximum Gasteiger partial charge on any atom is 0.161 e. The number of nitrogens with one attached hydrogen (secondary N) is 1. The first-order valence-corrected chi connectivity index (χ1v) is 7.61. The van der Waals surface area contributed by atoms with Crippen molar-refractivity contribution in [3.05, 3.63) is 23.8 Å². The number of methoxy groups -OCH3 is 2. The van der Waals surface area contributed by atoms with Crippen LogP contribution in [0.15, 0.2) is 18.2 Å². The first-order valence-electron chi connectivity index (χ1n) is 7.61. The molecule has 0 bridgehead atoms. The maximum absolute atomic E-state index is 5.47. The maximum atomic E-state index is 5.47. The molecule has 1 aliphatic heterocycles. The average molecular weight is 277 g/mol. The molecule has 1 aliphatic rings. The van der Waals surface area contributed by atoms with Crippen molar-refractivity contribution in [3.63, 3.8) is 0 Å². The second-order valence-electron chi connectivity index (χ2n) is 5.93. The Morgan fingerprint density at radius 3 is 2.45 bits per heavy atom. The lowest BCUT2D eigenvalue weighted by Crippen LogP contribution is -2.46. The Labute approximate surface area is 122 Å². The van der Waals surface area contributed by atoms with Crippen LogP contribution < -0.4 is 14.8 Å². The summed E-state index contributed by atoms with van der Waals surface area (Å²) >= 11 is 0. The van der Waals surface area contributed by atoms with Gasteiger partial charge in [0.15, 0.2) is 11.5 Å². The number of hydrogen-bond donors (Lipinski definition) is 1. The molecule has 0 aliphatic carbocycles. The van der Waals surface area contributed by atoms with E-state index in [0.29, 0.717) is 5.92 Å². The molecule has 1 aromatic carbocycles. The molecule has 1 fully saturated rings. The van der Waals surface area contributed by atoms with Crippen LogP contribution in [-0.4, -0.2) is 20.8 Å². The molecule has 0 radical (unpaired) electrons. The van der Waals surface area contributed by atoms with Gasteiger partial charge in [-0.25, -0.2) is 0 Å². The van der Waals surface area contributed by atoms with Crippen LogP contribution in [0.25, 0.3) is 0 Å². The van der Waals surface area contributed by atoms with Gasteiger partial charge in [0.2, 0.25) is 0 Å². The predicted octanol–water partition coefficient (Wildman–Crippen LogP) is 3.72. The van der Waals surface area contributed by atoms with Crippen LogP contribution in [0.1, 0.15) is 45.1 Å². The third kappa shape index (κ3) is 2.78. The number of rotatable bonds is 4. The van der Waals surface area contributed by atoms with Gasteiger partial charge in [0.25, 0.3) is 0 Å². The van der Waals surface area contributed by atoms with E-state index in [0.717, 1.165) is 18.0 Å². The Kier molecular flexibility index (Phi) is 4.92. The van der Waals surface area contributed by atoms with Crippen molar-refractivity contribution >= 4 is 0 Å². The van der Waals surface area contributed by atoms with Crippen molar-refractivity contribution in [3.8, 4) is 11.5 Å². The monoisotopic (exact) mass is 277 g/mol. The zero-order valence-corrected chi connectivity index (χ0v) is 13.2. The van der Waals surface area contributed by atoms with Gasteiger partial charge < -0.3 is 14.8 Å². The second-order valence-corrected chi connectivity index (χ2v) is 5.93. The Morgan fingerprint density at radius 2 is 1.80 bits per heavy atom. The van der Waals surface area contributed by atoms with E-state index in [9.17, 15) is 0 Å². The summed E-state index contributed by atoms with van der Waals surface area (Å²) in [6, 6.07) is 6.34. The van der Waals surface area contributed by atoms with Crippen LogP contribution in [-0.2, 0) is 5.54 Å². The highest BCUT2D eigenvalue weighted by molar-refractivity contribution is 5.45. The quantitative estimate of drug-likeness (QED) is 0.910. The highest BCUT2D eigenvalue weighted by Crippen LogP contribution is 2.40. The second kappa shape index (κ2) is 6.49. The normalized spacial score (nSPS) is 23.4. The topological polar surface area (TPSA) is 30.5 Å². The van der Waals surface area contributed by atoms with E-state index >= 15 is 0 Å². The molecule has 2 rings (SSSR count). The smallest absolute Gasteiger partial charge is 0.161 e. The van der Waals surface area contributed by atoms with Gasteiger partial charge in [-0.2, -0.15) is 0 Å². The molecular weight excluding hydrogens is 250 g/mol. The molecule has 0 aromatic heterocycles. The molecule has 3 nitrogen and oxygen atoms in total. The first-order chi connectivity index (χ1) is 9.64. The molecule has 0 amide bonds. The molecule has 1 heterocycles. The zero-order chi connectivity index (χ0) is 14.6. The minimum atomic E-state index is 0.0516.